The van der Waals surface area contributed by atoms with Gasteiger partial charge >= 0.3 is 0 Å². The van der Waals surface area contributed by atoms with E-state index in [1.165, 1.54) is 12.8 Å². The molecular weight excluding hydrogens is 277 g/mol. The van der Waals surface area contributed by atoms with E-state index in [9.17, 15) is 0 Å². The normalized spacial score (nSPS) is 14.4. The van der Waals surface area contributed by atoms with Crippen LogP contribution in [0.3, 0.4) is 0 Å². The zero-order valence-electron chi connectivity index (χ0n) is 12.2. The summed E-state index contributed by atoms with van der Waals surface area (Å²) in [6.45, 7) is 8.68. The standard InChI is InChI=1S/C16H25Cl2N/c1-4-7-12(3)13(11-19-10-5-2)16-14(17)8-6-9-15(16)18/h6,8-9,12-13,19H,4-5,7,10-11H2,1-3H3. The van der Waals surface area contributed by atoms with Crippen LogP contribution in [-0.4, -0.2) is 13.1 Å². The fourth-order valence-electron chi connectivity index (χ4n) is 2.54. The molecule has 0 aliphatic heterocycles. The van der Waals surface area contributed by atoms with Gasteiger partial charge in [0.2, 0.25) is 0 Å². The smallest absolute Gasteiger partial charge is 0.0456 e. The first-order valence-corrected chi connectivity index (χ1v) is 8.02. The van der Waals surface area contributed by atoms with Gasteiger partial charge in [-0.2, -0.15) is 0 Å². The summed E-state index contributed by atoms with van der Waals surface area (Å²) in [4.78, 5) is 0. The molecule has 0 bridgehead atoms. The molecule has 0 aliphatic carbocycles. The van der Waals surface area contributed by atoms with Gasteiger partial charge in [-0.25, -0.2) is 0 Å². The summed E-state index contributed by atoms with van der Waals surface area (Å²) in [5.41, 5.74) is 1.11. The summed E-state index contributed by atoms with van der Waals surface area (Å²) in [6.07, 6.45) is 3.53. The Hall–Kier alpha value is -0.240. The van der Waals surface area contributed by atoms with Gasteiger partial charge in [0.1, 0.15) is 0 Å². The van der Waals surface area contributed by atoms with E-state index in [1.807, 2.05) is 18.2 Å². The first-order chi connectivity index (χ1) is 9.11. The molecule has 0 fully saturated rings. The third-order valence-electron chi connectivity index (χ3n) is 3.59. The van der Waals surface area contributed by atoms with E-state index in [-0.39, 0.29) is 0 Å². The van der Waals surface area contributed by atoms with Gasteiger partial charge in [0.25, 0.3) is 0 Å². The molecule has 1 nitrogen and oxygen atoms in total. The second kappa shape index (κ2) is 8.84. The summed E-state index contributed by atoms with van der Waals surface area (Å²) in [5, 5.41) is 5.09. The van der Waals surface area contributed by atoms with Crippen LogP contribution in [0, 0.1) is 5.92 Å². The molecule has 0 aliphatic rings. The summed E-state index contributed by atoms with van der Waals surface area (Å²) >= 11 is 12.7. The maximum atomic E-state index is 6.37. The van der Waals surface area contributed by atoms with Gasteiger partial charge in [0.15, 0.2) is 0 Å². The van der Waals surface area contributed by atoms with Crippen molar-refractivity contribution >= 4 is 23.2 Å². The van der Waals surface area contributed by atoms with E-state index in [0.717, 1.165) is 35.1 Å². The highest BCUT2D eigenvalue weighted by molar-refractivity contribution is 6.36. The van der Waals surface area contributed by atoms with Gasteiger partial charge in [-0.1, -0.05) is 62.9 Å². The topological polar surface area (TPSA) is 12.0 Å². The van der Waals surface area contributed by atoms with Gasteiger partial charge in [0, 0.05) is 22.5 Å². The molecule has 1 rings (SSSR count). The van der Waals surface area contributed by atoms with Crippen molar-refractivity contribution in [1.82, 2.24) is 5.32 Å². The molecule has 1 aromatic carbocycles. The fourth-order valence-corrected chi connectivity index (χ4v) is 3.22. The lowest BCUT2D eigenvalue weighted by Crippen LogP contribution is -2.26. The predicted molar refractivity (Wildman–Crippen MR) is 86.4 cm³/mol. The Bertz CT molecular complexity index is 359. The number of nitrogens with one attached hydrogen (secondary N) is 1. The number of rotatable bonds is 8. The molecule has 108 valence electrons. The molecule has 1 aromatic rings. The third-order valence-corrected chi connectivity index (χ3v) is 4.25. The molecule has 0 heterocycles. The molecule has 0 aromatic heterocycles. The van der Waals surface area contributed by atoms with Crippen LogP contribution in [0.4, 0.5) is 0 Å². The molecule has 0 spiro atoms. The Morgan fingerprint density at radius 3 is 2.26 bits per heavy atom. The highest BCUT2D eigenvalue weighted by Gasteiger charge is 2.23. The monoisotopic (exact) mass is 301 g/mol. The van der Waals surface area contributed by atoms with E-state index in [4.69, 9.17) is 23.2 Å². The average Bonchev–Trinajstić information content (AvgIpc) is 2.37. The van der Waals surface area contributed by atoms with Crippen molar-refractivity contribution in [2.45, 2.75) is 46.0 Å². The van der Waals surface area contributed by atoms with E-state index in [2.05, 4.69) is 26.1 Å². The molecule has 0 saturated carbocycles. The molecule has 19 heavy (non-hydrogen) atoms. The summed E-state index contributed by atoms with van der Waals surface area (Å²) in [7, 11) is 0. The average molecular weight is 302 g/mol. The molecule has 1 N–H and O–H groups in total. The quantitative estimate of drug-likeness (QED) is 0.624. The summed E-state index contributed by atoms with van der Waals surface area (Å²) in [6, 6.07) is 5.79. The Kier molecular flexibility index (Phi) is 7.82. The Labute approximate surface area is 127 Å². The van der Waals surface area contributed by atoms with Crippen molar-refractivity contribution in [3.05, 3.63) is 33.8 Å². The van der Waals surface area contributed by atoms with Crippen molar-refractivity contribution < 1.29 is 0 Å². The number of hydrogen-bond acceptors (Lipinski definition) is 1. The predicted octanol–water partition coefficient (Wildman–Crippen LogP) is 5.51. The van der Waals surface area contributed by atoms with Gasteiger partial charge in [-0.3, -0.25) is 0 Å². The third kappa shape index (κ3) is 4.98. The minimum absolute atomic E-state index is 0.382. The van der Waals surface area contributed by atoms with Gasteiger partial charge < -0.3 is 5.32 Å². The molecule has 0 saturated heterocycles. The first-order valence-electron chi connectivity index (χ1n) is 7.26. The molecule has 2 atom stereocenters. The van der Waals surface area contributed by atoms with Crippen LogP contribution in [0.25, 0.3) is 0 Å². The van der Waals surface area contributed by atoms with E-state index in [0.29, 0.717) is 11.8 Å². The van der Waals surface area contributed by atoms with Crippen LogP contribution in [-0.2, 0) is 0 Å². The number of halogens is 2. The van der Waals surface area contributed by atoms with Crippen LogP contribution in [0.2, 0.25) is 10.0 Å². The maximum absolute atomic E-state index is 6.37. The van der Waals surface area contributed by atoms with E-state index < -0.39 is 0 Å². The maximum Gasteiger partial charge on any atom is 0.0456 e. The highest BCUT2D eigenvalue weighted by Crippen LogP contribution is 2.37. The van der Waals surface area contributed by atoms with Crippen LogP contribution in [0.5, 0.6) is 0 Å². The SMILES string of the molecule is CCCNCC(c1c(Cl)cccc1Cl)C(C)CCC. The molecule has 2 unspecified atom stereocenters. The minimum Gasteiger partial charge on any atom is -0.316 e. The number of hydrogen-bond donors (Lipinski definition) is 1. The Morgan fingerprint density at radius 2 is 1.74 bits per heavy atom. The highest BCUT2D eigenvalue weighted by atomic mass is 35.5. The Morgan fingerprint density at radius 1 is 1.11 bits per heavy atom. The summed E-state index contributed by atoms with van der Waals surface area (Å²) in [5.74, 6) is 0.958. The van der Waals surface area contributed by atoms with Crippen molar-refractivity contribution in [3.8, 4) is 0 Å². The minimum atomic E-state index is 0.382. The fraction of sp³-hybridized carbons (Fsp3) is 0.625. The van der Waals surface area contributed by atoms with Crippen molar-refractivity contribution in [2.75, 3.05) is 13.1 Å². The molecule has 3 heteroatoms. The zero-order valence-corrected chi connectivity index (χ0v) is 13.7. The lowest BCUT2D eigenvalue weighted by Gasteiger charge is -2.26. The van der Waals surface area contributed by atoms with Gasteiger partial charge in [-0.15, -0.1) is 0 Å². The number of benzene rings is 1. The van der Waals surface area contributed by atoms with Gasteiger partial charge in [-0.05, 0) is 36.6 Å². The van der Waals surface area contributed by atoms with Crippen molar-refractivity contribution in [3.63, 3.8) is 0 Å². The lowest BCUT2D eigenvalue weighted by atomic mass is 9.84. The molecule has 0 radical (unpaired) electrons. The van der Waals surface area contributed by atoms with Crippen LogP contribution >= 0.6 is 23.2 Å². The van der Waals surface area contributed by atoms with E-state index >= 15 is 0 Å². The van der Waals surface area contributed by atoms with Crippen LogP contribution < -0.4 is 5.32 Å². The summed E-state index contributed by atoms with van der Waals surface area (Å²) < 4.78 is 0. The molecular formula is C16H25Cl2N. The largest absolute Gasteiger partial charge is 0.316 e. The zero-order chi connectivity index (χ0) is 14.3. The van der Waals surface area contributed by atoms with Crippen molar-refractivity contribution in [1.29, 1.82) is 0 Å². The Balaban J connectivity index is 2.94. The van der Waals surface area contributed by atoms with Gasteiger partial charge in [0.05, 0.1) is 0 Å². The molecule has 0 amide bonds. The second-order valence-corrected chi connectivity index (χ2v) is 6.03. The van der Waals surface area contributed by atoms with Crippen LogP contribution in [0.15, 0.2) is 18.2 Å². The first kappa shape index (κ1) is 16.8. The lowest BCUT2D eigenvalue weighted by molar-refractivity contribution is 0.404. The van der Waals surface area contributed by atoms with E-state index in [1.54, 1.807) is 0 Å². The van der Waals surface area contributed by atoms with Crippen molar-refractivity contribution in [2.24, 2.45) is 5.92 Å². The van der Waals surface area contributed by atoms with Crippen LogP contribution in [0.1, 0.15) is 51.5 Å². The second-order valence-electron chi connectivity index (χ2n) is 5.21.